The van der Waals surface area contributed by atoms with Crippen molar-refractivity contribution >= 4 is 10.0 Å². The van der Waals surface area contributed by atoms with Gasteiger partial charge in [0.05, 0.1) is 6.54 Å². The minimum absolute atomic E-state index is 0.0282. The Morgan fingerprint density at radius 2 is 2.26 bits per heavy atom. The van der Waals surface area contributed by atoms with Gasteiger partial charge in [-0.05, 0) is 24.5 Å². The summed E-state index contributed by atoms with van der Waals surface area (Å²) in [6.07, 6.45) is 9.14. The van der Waals surface area contributed by atoms with Gasteiger partial charge in [-0.25, -0.2) is 13.4 Å². The third-order valence-corrected chi connectivity index (χ3v) is 4.68. The molecule has 0 bridgehead atoms. The summed E-state index contributed by atoms with van der Waals surface area (Å²) in [5.41, 5.74) is 0.977. The van der Waals surface area contributed by atoms with E-state index in [0.717, 1.165) is 16.4 Å². The highest BCUT2D eigenvalue weighted by molar-refractivity contribution is 7.89. The summed E-state index contributed by atoms with van der Waals surface area (Å²) >= 11 is 0. The number of pyridine rings is 1. The van der Waals surface area contributed by atoms with Crippen molar-refractivity contribution in [3.05, 3.63) is 23.9 Å². The topological polar surface area (TPSA) is 62.3 Å². The predicted molar refractivity (Wildman–Crippen MR) is 72.7 cm³/mol. The normalized spacial score (nSPS) is 15.4. The summed E-state index contributed by atoms with van der Waals surface area (Å²) in [7, 11) is -2.13. The fraction of sp³-hybridized carbons (Fsp3) is 0.462. The van der Waals surface area contributed by atoms with Gasteiger partial charge >= 0.3 is 0 Å². The molecule has 1 heterocycles. The van der Waals surface area contributed by atoms with Crippen molar-refractivity contribution in [2.75, 3.05) is 13.6 Å². The molecule has 0 atom stereocenters. The lowest BCUT2D eigenvalue weighted by atomic mass is 10.3. The van der Waals surface area contributed by atoms with Crippen molar-refractivity contribution in [3.63, 3.8) is 0 Å². The van der Waals surface area contributed by atoms with E-state index in [2.05, 4.69) is 16.2 Å². The van der Waals surface area contributed by atoms with E-state index in [4.69, 9.17) is 6.42 Å². The molecule has 0 amide bonds. The van der Waals surface area contributed by atoms with Crippen molar-refractivity contribution < 1.29 is 8.42 Å². The van der Waals surface area contributed by atoms with Gasteiger partial charge in [0, 0.05) is 25.8 Å². The summed E-state index contributed by atoms with van der Waals surface area (Å²) in [5.74, 6) is 2.30. The van der Waals surface area contributed by atoms with Crippen LogP contribution < -0.4 is 5.32 Å². The Labute approximate surface area is 114 Å². The van der Waals surface area contributed by atoms with Crippen molar-refractivity contribution in [1.82, 2.24) is 14.6 Å². The molecular formula is C13H17N3O2S. The second-order valence-corrected chi connectivity index (χ2v) is 6.62. The first-order valence-corrected chi connectivity index (χ1v) is 7.56. The van der Waals surface area contributed by atoms with E-state index < -0.39 is 10.0 Å². The largest absolute Gasteiger partial charge is 0.310 e. The van der Waals surface area contributed by atoms with Crippen molar-refractivity contribution in [1.29, 1.82) is 0 Å². The van der Waals surface area contributed by atoms with Crippen LogP contribution in [0, 0.1) is 12.3 Å². The van der Waals surface area contributed by atoms with Gasteiger partial charge in [0.15, 0.2) is 5.03 Å². The summed E-state index contributed by atoms with van der Waals surface area (Å²) in [6, 6.07) is 3.91. The second-order valence-electron chi connectivity index (χ2n) is 4.63. The summed E-state index contributed by atoms with van der Waals surface area (Å²) in [6.45, 7) is 0.757. The number of nitrogens with one attached hydrogen (secondary N) is 1. The van der Waals surface area contributed by atoms with Crippen LogP contribution in [0.1, 0.15) is 18.4 Å². The number of sulfonamides is 1. The minimum atomic E-state index is -3.58. The zero-order valence-electron chi connectivity index (χ0n) is 10.8. The lowest BCUT2D eigenvalue weighted by molar-refractivity contribution is 0.499. The summed E-state index contributed by atoms with van der Waals surface area (Å²) in [4.78, 5) is 4.01. The maximum Gasteiger partial charge on any atom is 0.261 e. The quantitative estimate of drug-likeness (QED) is 0.774. The van der Waals surface area contributed by atoms with Crippen LogP contribution in [0.2, 0.25) is 0 Å². The van der Waals surface area contributed by atoms with Crippen LogP contribution in [-0.4, -0.2) is 37.3 Å². The van der Waals surface area contributed by atoms with E-state index in [9.17, 15) is 8.42 Å². The molecule has 1 fully saturated rings. The van der Waals surface area contributed by atoms with E-state index in [0.29, 0.717) is 6.04 Å². The van der Waals surface area contributed by atoms with Crippen molar-refractivity contribution in [3.8, 4) is 12.3 Å². The average molecular weight is 279 g/mol. The number of hydrogen-bond donors (Lipinski definition) is 1. The summed E-state index contributed by atoms with van der Waals surface area (Å²) in [5, 5.41) is 3.38. The van der Waals surface area contributed by atoms with Crippen LogP contribution in [0.4, 0.5) is 0 Å². The molecule has 0 aromatic carbocycles. The van der Waals surface area contributed by atoms with Crippen molar-refractivity contribution in [2.24, 2.45) is 0 Å². The Hall–Kier alpha value is -1.42. The van der Waals surface area contributed by atoms with Gasteiger partial charge in [0.1, 0.15) is 0 Å². The van der Waals surface area contributed by atoms with E-state index >= 15 is 0 Å². The molecule has 1 saturated carbocycles. The molecule has 1 aliphatic rings. The Bertz CT molecular complexity index is 571. The maximum atomic E-state index is 12.1. The monoisotopic (exact) mass is 279 g/mol. The molecular weight excluding hydrogens is 262 g/mol. The van der Waals surface area contributed by atoms with Crippen LogP contribution in [0.3, 0.4) is 0 Å². The lowest BCUT2D eigenvalue weighted by Gasteiger charge is -2.13. The van der Waals surface area contributed by atoms with Gasteiger partial charge in [0.2, 0.25) is 0 Å². The Morgan fingerprint density at radius 1 is 1.53 bits per heavy atom. The fourth-order valence-electron chi connectivity index (χ4n) is 1.59. The molecule has 0 aliphatic heterocycles. The molecule has 5 nitrogen and oxygen atoms in total. The molecule has 19 heavy (non-hydrogen) atoms. The number of nitrogens with zero attached hydrogens (tertiary/aromatic N) is 2. The minimum Gasteiger partial charge on any atom is -0.310 e. The van der Waals surface area contributed by atoms with Crippen LogP contribution in [0.25, 0.3) is 0 Å². The second kappa shape index (κ2) is 5.70. The standard InChI is InChI=1S/C13H17N3O2S/c1-3-8-16(2)19(17,18)13-7-4-11(10-15-13)9-14-12-5-6-12/h1,4,7,10,12,14H,5-6,8-9H2,2H3. The van der Waals surface area contributed by atoms with Crippen molar-refractivity contribution in [2.45, 2.75) is 30.5 Å². The number of terminal acetylenes is 1. The highest BCUT2D eigenvalue weighted by Crippen LogP contribution is 2.19. The van der Waals surface area contributed by atoms with E-state index in [-0.39, 0.29) is 11.6 Å². The van der Waals surface area contributed by atoms with Gasteiger partial charge in [-0.1, -0.05) is 12.0 Å². The first kappa shape index (κ1) is 14.0. The first-order chi connectivity index (χ1) is 9.04. The van der Waals surface area contributed by atoms with Gasteiger partial charge in [-0.2, -0.15) is 4.31 Å². The van der Waals surface area contributed by atoms with E-state index in [1.807, 2.05) is 0 Å². The number of hydrogen-bond acceptors (Lipinski definition) is 4. The molecule has 1 aromatic rings. The molecule has 0 saturated heterocycles. The molecule has 1 aromatic heterocycles. The zero-order valence-corrected chi connectivity index (χ0v) is 11.7. The lowest BCUT2D eigenvalue weighted by Crippen LogP contribution is -2.28. The van der Waals surface area contributed by atoms with E-state index in [1.165, 1.54) is 26.0 Å². The van der Waals surface area contributed by atoms with Gasteiger partial charge < -0.3 is 5.32 Å². The Kier molecular flexibility index (Phi) is 4.20. The van der Waals surface area contributed by atoms with Crippen LogP contribution >= 0.6 is 0 Å². The van der Waals surface area contributed by atoms with Crippen LogP contribution in [0.15, 0.2) is 23.4 Å². The van der Waals surface area contributed by atoms with Gasteiger partial charge in [-0.15, -0.1) is 6.42 Å². The molecule has 102 valence electrons. The number of rotatable bonds is 6. The third-order valence-electron chi connectivity index (χ3n) is 2.96. The highest BCUT2D eigenvalue weighted by Gasteiger charge is 2.22. The number of aromatic nitrogens is 1. The molecule has 1 N–H and O–H groups in total. The van der Waals surface area contributed by atoms with Gasteiger partial charge in [-0.3, -0.25) is 0 Å². The Balaban J connectivity index is 2.06. The third kappa shape index (κ3) is 3.53. The molecule has 1 aliphatic carbocycles. The van der Waals surface area contributed by atoms with Gasteiger partial charge in [0.25, 0.3) is 10.0 Å². The average Bonchev–Trinajstić information content (AvgIpc) is 3.21. The fourth-order valence-corrected chi connectivity index (χ4v) is 2.58. The zero-order chi connectivity index (χ0) is 13.9. The van der Waals surface area contributed by atoms with Crippen LogP contribution in [-0.2, 0) is 16.6 Å². The molecule has 2 rings (SSSR count). The predicted octanol–water partition coefficient (Wildman–Crippen LogP) is 0.587. The first-order valence-electron chi connectivity index (χ1n) is 6.12. The smallest absolute Gasteiger partial charge is 0.261 e. The maximum absolute atomic E-state index is 12.1. The summed E-state index contributed by atoms with van der Waals surface area (Å²) < 4.78 is 25.2. The highest BCUT2D eigenvalue weighted by atomic mass is 32.2. The Morgan fingerprint density at radius 3 is 2.79 bits per heavy atom. The molecule has 0 spiro atoms. The molecule has 0 radical (unpaired) electrons. The SMILES string of the molecule is C#CCN(C)S(=O)(=O)c1ccc(CNC2CC2)cn1. The van der Waals surface area contributed by atoms with Crippen LogP contribution in [0.5, 0.6) is 0 Å². The van der Waals surface area contributed by atoms with E-state index in [1.54, 1.807) is 12.3 Å². The molecule has 6 heteroatoms. The molecule has 0 unspecified atom stereocenters.